The summed E-state index contributed by atoms with van der Waals surface area (Å²) in [6, 6.07) is 7.80. The predicted octanol–water partition coefficient (Wildman–Crippen LogP) is 2.59. The molecule has 0 atom stereocenters. The zero-order chi connectivity index (χ0) is 8.10. The molecule has 0 saturated carbocycles. The molecule has 0 bridgehead atoms. The van der Waals surface area contributed by atoms with E-state index in [-0.39, 0.29) is 0 Å². The summed E-state index contributed by atoms with van der Waals surface area (Å²) < 4.78 is 4.82. The van der Waals surface area contributed by atoms with Crippen LogP contribution in [0.25, 0.3) is 0 Å². The van der Waals surface area contributed by atoms with E-state index in [9.17, 15) is 0 Å². The number of rotatable bonds is 3. The lowest BCUT2D eigenvalue weighted by Gasteiger charge is -2.00. The second kappa shape index (κ2) is 3.81. The number of hydrogen-bond acceptors (Lipinski definition) is 1. The predicted molar refractivity (Wildman–Crippen MR) is 46.3 cm³/mol. The van der Waals surface area contributed by atoms with Crippen LogP contribution in [0.15, 0.2) is 36.9 Å². The highest BCUT2D eigenvalue weighted by Crippen LogP contribution is 2.13. The van der Waals surface area contributed by atoms with E-state index in [2.05, 4.69) is 13.7 Å². The molecule has 11 heavy (non-hydrogen) atoms. The van der Waals surface area contributed by atoms with E-state index < -0.39 is 0 Å². The monoisotopic (exact) mass is 147 g/mol. The van der Waals surface area contributed by atoms with Crippen molar-refractivity contribution in [3.05, 3.63) is 49.6 Å². The fraction of sp³-hybridized carbons (Fsp3) is 0.100. The zero-order valence-corrected chi connectivity index (χ0v) is 6.42. The van der Waals surface area contributed by atoms with Gasteiger partial charge in [-0.25, -0.2) is 0 Å². The molecule has 0 aliphatic heterocycles. The average molecular weight is 147 g/mol. The van der Waals surface area contributed by atoms with Crippen LogP contribution in [0, 0.1) is 7.11 Å². The molecule has 1 rings (SSSR count). The molecule has 0 aliphatic carbocycles. The van der Waals surface area contributed by atoms with Crippen molar-refractivity contribution >= 4 is 0 Å². The van der Waals surface area contributed by atoms with E-state index >= 15 is 0 Å². The quantitative estimate of drug-likeness (QED) is 0.597. The number of hydrogen-bond donors (Lipinski definition) is 0. The summed E-state index contributed by atoms with van der Waals surface area (Å²) >= 11 is 0. The van der Waals surface area contributed by atoms with Crippen LogP contribution < -0.4 is 4.74 Å². The van der Waals surface area contributed by atoms with Crippen LogP contribution in [0.1, 0.15) is 5.56 Å². The summed E-state index contributed by atoms with van der Waals surface area (Å²) in [5.41, 5.74) is 1.20. The minimum atomic E-state index is 0.796. The lowest BCUT2D eigenvalue weighted by atomic mass is 10.1. The van der Waals surface area contributed by atoms with Crippen molar-refractivity contribution < 1.29 is 4.74 Å². The fourth-order valence-electron chi connectivity index (χ4n) is 0.929. The van der Waals surface area contributed by atoms with Gasteiger partial charge in [-0.15, -0.1) is 6.58 Å². The average Bonchev–Trinajstić information content (AvgIpc) is 2.06. The third-order valence-electron chi connectivity index (χ3n) is 1.45. The van der Waals surface area contributed by atoms with Crippen molar-refractivity contribution in [3.8, 4) is 5.75 Å². The smallest absolute Gasteiger partial charge is 0.122 e. The molecule has 0 N–H and O–H groups in total. The lowest BCUT2D eigenvalue weighted by molar-refractivity contribution is 0.472. The van der Waals surface area contributed by atoms with Gasteiger partial charge in [0.15, 0.2) is 0 Å². The van der Waals surface area contributed by atoms with E-state index in [0.717, 1.165) is 12.2 Å². The van der Waals surface area contributed by atoms with Crippen LogP contribution in [-0.2, 0) is 6.42 Å². The maximum atomic E-state index is 4.82. The molecule has 0 fully saturated rings. The van der Waals surface area contributed by atoms with E-state index in [4.69, 9.17) is 4.74 Å². The first kappa shape index (κ1) is 7.86. The Kier molecular flexibility index (Phi) is 2.73. The van der Waals surface area contributed by atoms with Crippen LogP contribution in [0.2, 0.25) is 0 Å². The van der Waals surface area contributed by atoms with Gasteiger partial charge in [0.2, 0.25) is 0 Å². The van der Waals surface area contributed by atoms with Crippen LogP contribution in [0.3, 0.4) is 0 Å². The summed E-state index contributed by atoms with van der Waals surface area (Å²) in [6.07, 6.45) is 2.74. The van der Waals surface area contributed by atoms with Gasteiger partial charge in [0, 0.05) is 0 Å². The van der Waals surface area contributed by atoms with Gasteiger partial charge in [-0.05, 0) is 24.1 Å². The minimum Gasteiger partial charge on any atom is -0.490 e. The molecule has 1 radical (unpaired) electrons. The molecule has 1 aromatic rings. The minimum absolute atomic E-state index is 0.796. The van der Waals surface area contributed by atoms with Gasteiger partial charge in [0.1, 0.15) is 12.9 Å². The van der Waals surface area contributed by atoms with Crippen molar-refractivity contribution in [2.24, 2.45) is 0 Å². The van der Waals surface area contributed by atoms with Gasteiger partial charge < -0.3 is 4.74 Å². The summed E-state index contributed by atoms with van der Waals surface area (Å²) in [5, 5.41) is 0. The van der Waals surface area contributed by atoms with Crippen molar-refractivity contribution in [1.29, 1.82) is 0 Å². The summed E-state index contributed by atoms with van der Waals surface area (Å²) in [6.45, 7) is 3.66. The Morgan fingerprint density at radius 1 is 1.45 bits per heavy atom. The van der Waals surface area contributed by atoms with Gasteiger partial charge in [0.05, 0.1) is 0 Å². The molecule has 1 aromatic carbocycles. The maximum absolute atomic E-state index is 4.82. The molecular weight excluding hydrogens is 136 g/mol. The zero-order valence-electron chi connectivity index (χ0n) is 6.42. The summed E-state index contributed by atoms with van der Waals surface area (Å²) in [4.78, 5) is 0. The third kappa shape index (κ3) is 2.11. The fourth-order valence-corrected chi connectivity index (χ4v) is 0.929. The van der Waals surface area contributed by atoms with Crippen molar-refractivity contribution in [3.63, 3.8) is 0 Å². The first-order valence-electron chi connectivity index (χ1n) is 3.48. The molecule has 0 amide bonds. The van der Waals surface area contributed by atoms with Crippen LogP contribution in [0.4, 0.5) is 0 Å². The summed E-state index contributed by atoms with van der Waals surface area (Å²) in [7, 11) is 3.33. The molecule has 0 saturated heterocycles. The number of ether oxygens (including phenoxy) is 1. The normalized spacial score (nSPS) is 9.18. The van der Waals surface area contributed by atoms with Gasteiger partial charge in [0.25, 0.3) is 0 Å². The highest BCUT2D eigenvalue weighted by atomic mass is 16.5. The standard InChI is InChI=1S/C10H11O/c1-3-5-9-6-4-7-10(8-9)11-2/h3-4,6-8H,1-2,5H2. The Labute approximate surface area is 67.3 Å². The molecule has 0 aliphatic rings. The van der Waals surface area contributed by atoms with Gasteiger partial charge in [-0.2, -0.15) is 0 Å². The van der Waals surface area contributed by atoms with Crippen LogP contribution >= 0.6 is 0 Å². The van der Waals surface area contributed by atoms with Gasteiger partial charge in [-0.1, -0.05) is 18.2 Å². The Hall–Kier alpha value is -1.24. The molecule has 0 unspecified atom stereocenters. The SMILES string of the molecule is [CH2]Oc1cccc(CC=C)c1. The highest BCUT2D eigenvalue weighted by Gasteiger charge is 1.91. The number of benzene rings is 1. The Balaban J connectivity index is 2.82. The van der Waals surface area contributed by atoms with E-state index in [1.54, 1.807) is 0 Å². The first-order chi connectivity index (χ1) is 5.36. The molecule has 1 nitrogen and oxygen atoms in total. The third-order valence-corrected chi connectivity index (χ3v) is 1.45. The molecular formula is C10H11O. The topological polar surface area (TPSA) is 9.23 Å². The maximum Gasteiger partial charge on any atom is 0.122 e. The Morgan fingerprint density at radius 3 is 2.91 bits per heavy atom. The largest absolute Gasteiger partial charge is 0.490 e. The summed E-state index contributed by atoms with van der Waals surface area (Å²) in [5.74, 6) is 0.796. The van der Waals surface area contributed by atoms with Gasteiger partial charge >= 0.3 is 0 Å². The van der Waals surface area contributed by atoms with E-state index in [0.29, 0.717) is 0 Å². The molecule has 0 heterocycles. The van der Waals surface area contributed by atoms with Crippen molar-refractivity contribution in [2.75, 3.05) is 0 Å². The first-order valence-corrected chi connectivity index (χ1v) is 3.48. The molecule has 0 spiro atoms. The van der Waals surface area contributed by atoms with Gasteiger partial charge in [-0.3, -0.25) is 0 Å². The number of allylic oxidation sites excluding steroid dienone is 1. The van der Waals surface area contributed by atoms with E-state index in [1.165, 1.54) is 5.56 Å². The highest BCUT2D eigenvalue weighted by molar-refractivity contribution is 5.29. The Morgan fingerprint density at radius 2 is 2.27 bits per heavy atom. The lowest BCUT2D eigenvalue weighted by Crippen LogP contribution is -1.83. The van der Waals surface area contributed by atoms with Crippen LogP contribution in [0.5, 0.6) is 5.75 Å². The second-order valence-corrected chi connectivity index (χ2v) is 2.28. The molecule has 0 aromatic heterocycles. The Bertz CT molecular complexity index is 240. The van der Waals surface area contributed by atoms with E-state index in [1.807, 2.05) is 30.3 Å². The van der Waals surface area contributed by atoms with Crippen molar-refractivity contribution in [1.82, 2.24) is 0 Å². The molecule has 57 valence electrons. The second-order valence-electron chi connectivity index (χ2n) is 2.28. The molecule has 1 heteroatoms. The van der Waals surface area contributed by atoms with Crippen molar-refractivity contribution in [2.45, 2.75) is 6.42 Å². The van der Waals surface area contributed by atoms with Crippen LogP contribution in [-0.4, -0.2) is 0 Å².